The zero-order valence-corrected chi connectivity index (χ0v) is 13.4. The first-order valence-corrected chi connectivity index (χ1v) is 7.64. The van der Waals surface area contributed by atoms with Crippen molar-refractivity contribution in [3.05, 3.63) is 69.8 Å². The molecule has 0 radical (unpaired) electrons. The van der Waals surface area contributed by atoms with Gasteiger partial charge >= 0.3 is 0 Å². The van der Waals surface area contributed by atoms with E-state index in [1.165, 1.54) is 18.2 Å². The molecule has 0 heterocycles. The van der Waals surface area contributed by atoms with E-state index in [0.717, 1.165) is 5.56 Å². The topological polar surface area (TPSA) is 125 Å². The number of hydrogen-bond acceptors (Lipinski definition) is 6. The number of nitro benzene ring substituents is 1. The van der Waals surface area contributed by atoms with Crippen LogP contribution in [0.15, 0.2) is 48.5 Å². The number of anilines is 1. The Labute approximate surface area is 144 Å². The van der Waals surface area contributed by atoms with Gasteiger partial charge in [0.2, 0.25) is 0 Å². The highest BCUT2D eigenvalue weighted by molar-refractivity contribution is 6.01. The number of aliphatic hydroxyl groups is 2. The molecule has 0 spiro atoms. The van der Waals surface area contributed by atoms with Gasteiger partial charge in [0.25, 0.3) is 11.6 Å². The van der Waals surface area contributed by atoms with E-state index in [1.54, 1.807) is 0 Å². The molecule has 2 aromatic rings. The lowest BCUT2D eigenvalue weighted by molar-refractivity contribution is -0.384. The summed E-state index contributed by atoms with van der Waals surface area (Å²) < 4.78 is 0. The minimum Gasteiger partial charge on any atom is -0.394 e. The number of hydrogen-bond donors (Lipinski definition) is 4. The maximum absolute atomic E-state index is 12.5. The molecule has 0 atom stereocenters. The summed E-state index contributed by atoms with van der Waals surface area (Å²) in [6, 6.07) is 12.5. The summed E-state index contributed by atoms with van der Waals surface area (Å²) >= 11 is 0. The van der Waals surface area contributed by atoms with E-state index in [1.807, 2.05) is 30.3 Å². The van der Waals surface area contributed by atoms with Crippen molar-refractivity contribution in [1.29, 1.82) is 0 Å². The van der Waals surface area contributed by atoms with Crippen LogP contribution >= 0.6 is 0 Å². The average molecular weight is 345 g/mol. The van der Waals surface area contributed by atoms with Crippen LogP contribution in [0.3, 0.4) is 0 Å². The van der Waals surface area contributed by atoms with E-state index in [0.29, 0.717) is 0 Å². The van der Waals surface area contributed by atoms with E-state index in [-0.39, 0.29) is 23.5 Å². The second-order valence-electron chi connectivity index (χ2n) is 5.33. The van der Waals surface area contributed by atoms with Crippen molar-refractivity contribution in [3.63, 3.8) is 0 Å². The van der Waals surface area contributed by atoms with Crippen molar-refractivity contribution in [3.8, 4) is 0 Å². The normalized spacial score (nSPS) is 10.5. The molecule has 8 nitrogen and oxygen atoms in total. The smallest absolute Gasteiger partial charge is 0.293 e. The third kappa shape index (κ3) is 4.75. The van der Waals surface area contributed by atoms with Crippen LogP contribution in [0.4, 0.5) is 11.4 Å². The van der Waals surface area contributed by atoms with Gasteiger partial charge in [-0.15, -0.1) is 0 Å². The monoisotopic (exact) mass is 345 g/mol. The Morgan fingerprint density at radius 2 is 1.76 bits per heavy atom. The number of carbonyl (C=O) groups is 1. The van der Waals surface area contributed by atoms with Crippen molar-refractivity contribution < 1.29 is 19.9 Å². The highest BCUT2D eigenvalue weighted by Crippen LogP contribution is 2.29. The first-order valence-electron chi connectivity index (χ1n) is 7.64. The lowest BCUT2D eigenvalue weighted by Gasteiger charge is -2.17. The summed E-state index contributed by atoms with van der Waals surface area (Å²) in [6.07, 6.45) is 0. The summed E-state index contributed by atoms with van der Waals surface area (Å²) in [7, 11) is 0. The van der Waals surface area contributed by atoms with E-state index < -0.39 is 30.1 Å². The summed E-state index contributed by atoms with van der Waals surface area (Å²) in [5.74, 6) is -0.496. The predicted molar refractivity (Wildman–Crippen MR) is 92.3 cm³/mol. The molecule has 0 fully saturated rings. The molecule has 2 aromatic carbocycles. The van der Waals surface area contributed by atoms with Gasteiger partial charge in [-0.1, -0.05) is 36.4 Å². The number of para-hydroxylation sites is 1. The average Bonchev–Trinajstić information content (AvgIpc) is 2.64. The Balaban J connectivity index is 2.27. The SMILES string of the molecule is O=C(NCc1ccccc1)c1cccc([N+](=O)[O-])c1NC(CO)CO. The Kier molecular flexibility index (Phi) is 6.44. The molecule has 25 heavy (non-hydrogen) atoms. The summed E-state index contributed by atoms with van der Waals surface area (Å²) in [6.45, 7) is -0.605. The largest absolute Gasteiger partial charge is 0.394 e. The van der Waals surface area contributed by atoms with Crippen LogP contribution in [0.1, 0.15) is 15.9 Å². The number of aliphatic hydroxyl groups excluding tert-OH is 2. The number of nitrogens with one attached hydrogen (secondary N) is 2. The molecule has 8 heteroatoms. The molecule has 1 amide bonds. The van der Waals surface area contributed by atoms with Gasteiger partial charge in [-0.3, -0.25) is 14.9 Å². The zero-order chi connectivity index (χ0) is 18.2. The second-order valence-corrected chi connectivity index (χ2v) is 5.33. The second kappa shape index (κ2) is 8.76. The number of carbonyl (C=O) groups excluding carboxylic acids is 1. The minimum absolute atomic E-state index is 0.0360. The molecule has 0 bridgehead atoms. The standard InChI is InChI=1S/C17H19N3O5/c21-10-13(11-22)19-16-14(7-4-8-15(16)20(24)25)17(23)18-9-12-5-2-1-3-6-12/h1-8,13,19,21-22H,9-11H2,(H,18,23). The van der Waals surface area contributed by atoms with Crippen LogP contribution in [0, 0.1) is 10.1 Å². The van der Waals surface area contributed by atoms with Crippen LogP contribution in [-0.4, -0.2) is 40.3 Å². The van der Waals surface area contributed by atoms with Gasteiger partial charge in [0.15, 0.2) is 0 Å². The van der Waals surface area contributed by atoms with Crippen molar-refractivity contribution in [2.45, 2.75) is 12.6 Å². The maximum Gasteiger partial charge on any atom is 0.293 e. The third-order valence-corrected chi connectivity index (χ3v) is 3.57. The van der Waals surface area contributed by atoms with Crippen LogP contribution in [0.2, 0.25) is 0 Å². The fourth-order valence-corrected chi connectivity index (χ4v) is 2.26. The Bertz CT molecular complexity index is 732. The number of rotatable bonds is 8. The van der Waals surface area contributed by atoms with Gasteiger partial charge in [-0.2, -0.15) is 0 Å². The van der Waals surface area contributed by atoms with Crippen molar-refractivity contribution in [2.24, 2.45) is 0 Å². The van der Waals surface area contributed by atoms with Crippen LogP contribution < -0.4 is 10.6 Å². The quantitative estimate of drug-likeness (QED) is 0.422. The number of nitro groups is 1. The fourth-order valence-electron chi connectivity index (χ4n) is 2.26. The van der Waals surface area contributed by atoms with Crippen molar-refractivity contribution >= 4 is 17.3 Å². The van der Waals surface area contributed by atoms with Gasteiger partial charge in [0, 0.05) is 12.6 Å². The summed E-state index contributed by atoms with van der Waals surface area (Å²) in [4.78, 5) is 23.1. The molecule has 0 aliphatic carbocycles. The molecule has 0 saturated carbocycles. The molecule has 0 aliphatic heterocycles. The lowest BCUT2D eigenvalue weighted by atomic mass is 10.1. The van der Waals surface area contributed by atoms with Gasteiger partial charge in [-0.25, -0.2) is 0 Å². The third-order valence-electron chi connectivity index (χ3n) is 3.57. The fraction of sp³-hybridized carbons (Fsp3) is 0.235. The van der Waals surface area contributed by atoms with Gasteiger partial charge < -0.3 is 20.8 Å². The first kappa shape index (κ1) is 18.4. The highest BCUT2D eigenvalue weighted by Gasteiger charge is 2.23. The van der Waals surface area contributed by atoms with E-state index in [2.05, 4.69) is 10.6 Å². The number of amides is 1. The lowest BCUT2D eigenvalue weighted by Crippen LogP contribution is -2.30. The van der Waals surface area contributed by atoms with E-state index >= 15 is 0 Å². The zero-order valence-electron chi connectivity index (χ0n) is 13.4. The Morgan fingerprint density at radius 3 is 2.36 bits per heavy atom. The minimum atomic E-state index is -0.818. The molecule has 0 unspecified atom stereocenters. The predicted octanol–water partition coefficient (Wildman–Crippen LogP) is 1.29. The molecule has 2 rings (SSSR count). The van der Waals surface area contributed by atoms with Crippen LogP contribution in [0.25, 0.3) is 0 Å². The van der Waals surface area contributed by atoms with Gasteiger partial charge in [-0.05, 0) is 11.6 Å². The molecule has 0 saturated heterocycles. The van der Waals surface area contributed by atoms with E-state index in [4.69, 9.17) is 0 Å². The molecule has 0 aromatic heterocycles. The van der Waals surface area contributed by atoms with Crippen molar-refractivity contribution in [2.75, 3.05) is 18.5 Å². The van der Waals surface area contributed by atoms with Crippen LogP contribution in [0.5, 0.6) is 0 Å². The number of nitrogens with zero attached hydrogens (tertiary/aromatic N) is 1. The Morgan fingerprint density at radius 1 is 1.08 bits per heavy atom. The Hall–Kier alpha value is -2.97. The van der Waals surface area contributed by atoms with Gasteiger partial charge in [0.05, 0.1) is 29.7 Å². The molecule has 132 valence electrons. The maximum atomic E-state index is 12.5. The van der Waals surface area contributed by atoms with Gasteiger partial charge in [0.1, 0.15) is 5.69 Å². The number of benzene rings is 2. The molecule has 4 N–H and O–H groups in total. The van der Waals surface area contributed by atoms with Crippen molar-refractivity contribution in [1.82, 2.24) is 5.32 Å². The molecular weight excluding hydrogens is 326 g/mol. The van der Waals surface area contributed by atoms with Crippen LogP contribution in [-0.2, 0) is 6.54 Å². The molecule has 0 aliphatic rings. The highest BCUT2D eigenvalue weighted by atomic mass is 16.6. The summed E-state index contributed by atoms with van der Waals surface area (Å²) in [5.41, 5.74) is 0.613. The molecular formula is C17H19N3O5. The van der Waals surface area contributed by atoms with E-state index in [9.17, 15) is 25.1 Å². The first-order chi connectivity index (χ1) is 12.1. The summed E-state index contributed by atoms with van der Waals surface area (Å²) in [5, 5.41) is 35.0.